The molecular formula is C15H15FN2O3. The van der Waals surface area contributed by atoms with Crippen LogP contribution in [0.3, 0.4) is 0 Å². The number of halogens is 1. The van der Waals surface area contributed by atoms with Crippen LogP contribution in [0.15, 0.2) is 36.4 Å². The third-order valence-electron chi connectivity index (χ3n) is 3.21. The molecule has 3 N–H and O–H groups in total. The van der Waals surface area contributed by atoms with Crippen LogP contribution in [0.1, 0.15) is 10.4 Å². The van der Waals surface area contributed by atoms with Gasteiger partial charge in [0.25, 0.3) is 0 Å². The Labute approximate surface area is 121 Å². The fourth-order valence-corrected chi connectivity index (χ4v) is 2.03. The van der Waals surface area contributed by atoms with Gasteiger partial charge in [-0.15, -0.1) is 0 Å². The number of methoxy groups -OCH3 is 1. The molecule has 0 amide bonds. The first-order chi connectivity index (χ1) is 9.95. The van der Waals surface area contributed by atoms with Gasteiger partial charge in [0, 0.05) is 12.7 Å². The molecule has 0 atom stereocenters. The smallest absolute Gasteiger partial charge is 0.340 e. The Morgan fingerprint density at radius 3 is 2.38 bits per heavy atom. The largest absolute Gasteiger partial charge is 0.497 e. The number of nitrogens with zero attached hydrogens (tertiary/aromatic N) is 1. The molecule has 0 saturated carbocycles. The highest BCUT2D eigenvalue weighted by Gasteiger charge is 2.20. The van der Waals surface area contributed by atoms with Crippen LogP contribution >= 0.6 is 0 Å². The molecule has 2 aromatic rings. The standard InChI is InChI=1S/C15H15FN2O3/c1-18(9-3-5-10(21-2)6-4-9)12-8-7-11(16)14(17)13(12)15(19)20/h3-8H,17H2,1-2H3,(H,19,20). The molecule has 5 nitrogen and oxygen atoms in total. The Kier molecular flexibility index (Phi) is 3.98. The van der Waals surface area contributed by atoms with E-state index in [9.17, 15) is 14.3 Å². The highest BCUT2D eigenvalue weighted by Crippen LogP contribution is 2.32. The van der Waals surface area contributed by atoms with E-state index < -0.39 is 11.8 Å². The lowest BCUT2D eigenvalue weighted by Gasteiger charge is -2.22. The van der Waals surface area contributed by atoms with E-state index in [1.165, 1.54) is 6.07 Å². The van der Waals surface area contributed by atoms with E-state index in [1.807, 2.05) is 0 Å². The second-order valence-corrected chi connectivity index (χ2v) is 4.42. The summed E-state index contributed by atoms with van der Waals surface area (Å²) in [5, 5.41) is 9.26. The molecule has 0 heterocycles. The number of anilines is 3. The first-order valence-corrected chi connectivity index (χ1v) is 6.14. The molecular weight excluding hydrogens is 275 g/mol. The number of hydrogen-bond donors (Lipinski definition) is 2. The molecule has 21 heavy (non-hydrogen) atoms. The summed E-state index contributed by atoms with van der Waals surface area (Å²) >= 11 is 0. The maximum atomic E-state index is 13.5. The second-order valence-electron chi connectivity index (χ2n) is 4.42. The zero-order valence-electron chi connectivity index (χ0n) is 11.6. The molecule has 0 radical (unpaired) electrons. The number of carboxylic acids is 1. The number of hydrogen-bond acceptors (Lipinski definition) is 4. The average molecular weight is 290 g/mol. The predicted octanol–water partition coefficient (Wildman–Crippen LogP) is 2.88. The Morgan fingerprint density at radius 2 is 1.86 bits per heavy atom. The molecule has 0 aliphatic heterocycles. The summed E-state index contributed by atoms with van der Waals surface area (Å²) in [5.74, 6) is -1.34. The second kappa shape index (κ2) is 5.70. The van der Waals surface area contributed by atoms with E-state index in [2.05, 4.69) is 0 Å². The van der Waals surface area contributed by atoms with Crippen LogP contribution in [0.4, 0.5) is 21.5 Å². The van der Waals surface area contributed by atoms with Crippen molar-refractivity contribution in [1.82, 2.24) is 0 Å². The highest BCUT2D eigenvalue weighted by atomic mass is 19.1. The van der Waals surface area contributed by atoms with Gasteiger partial charge in [0.05, 0.1) is 18.5 Å². The summed E-state index contributed by atoms with van der Waals surface area (Å²) in [6.45, 7) is 0. The quantitative estimate of drug-likeness (QED) is 0.847. The van der Waals surface area contributed by atoms with Gasteiger partial charge in [0.2, 0.25) is 0 Å². The van der Waals surface area contributed by atoms with Crippen LogP contribution in [0.2, 0.25) is 0 Å². The first-order valence-electron chi connectivity index (χ1n) is 6.14. The van der Waals surface area contributed by atoms with Crippen LogP contribution in [0, 0.1) is 5.82 Å². The highest BCUT2D eigenvalue weighted by molar-refractivity contribution is 6.01. The molecule has 0 aliphatic carbocycles. The normalized spacial score (nSPS) is 10.2. The maximum absolute atomic E-state index is 13.5. The van der Waals surface area contributed by atoms with Crippen molar-refractivity contribution in [1.29, 1.82) is 0 Å². The van der Waals surface area contributed by atoms with Crippen molar-refractivity contribution < 1.29 is 19.0 Å². The zero-order chi connectivity index (χ0) is 15.6. The first kappa shape index (κ1) is 14.6. The zero-order valence-corrected chi connectivity index (χ0v) is 11.6. The van der Waals surface area contributed by atoms with Crippen molar-refractivity contribution in [3.8, 4) is 5.75 Å². The number of aromatic carboxylic acids is 1. The predicted molar refractivity (Wildman–Crippen MR) is 78.8 cm³/mol. The number of ether oxygens (including phenoxy) is 1. The Bertz CT molecular complexity index is 671. The minimum Gasteiger partial charge on any atom is -0.497 e. The Hall–Kier alpha value is -2.76. The summed E-state index contributed by atoms with van der Waals surface area (Å²) in [4.78, 5) is 13.0. The van der Waals surface area contributed by atoms with Gasteiger partial charge in [0.15, 0.2) is 0 Å². The van der Waals surface area contributed by atoms with Gasteiger partial charge < -0.3 is 20.5 Å². The minimum absolute atomic E-state index is 0.256. The van der Waals surface area contributed by atoms with E-state index in [0.717, 1.165) is 11.8 Å². The fourth-order valence-electron chi connectivity index (χ4n) is 2.03. The summed E-state index contributed by atoms with van der Waals surface area (Å²) in [5.41, 5.74) is 5.95. The van der Waals surface area contributed by atoms with Gasteiger partial charge in [0.1, 0.15) is 17.1 Å². The van der Waals surface area contributed by atoms with Gasteiger partial charge in [-0.25, -0.2) is 9.18 Å². The molecule has 2 aromatic carbocycles. The van der Waals surface area contributed by atoms with Crippen molar-refractivity contribution in [2.75, 3.05) is 24.8 Å². The molecule has 0 aromatic heterocycles. The van der Waals surface area contributed by atoms with Crippen LogP contribution in [0.5, 0.6) is 5.75 Å². The lowest BCUT2D eigenvalue weighted by molar-refractivity contribution is 0.0698. The van der Waals surface area contributed by atoms with E-state index in [-0.39, 0.29) is 11.3 Å². The van der Waals surface area contributed by atoms with Crippen LogP contribution < -0.4 is 15.4 Å². The van der Waals surface area contributed by atoms with E-state index in [0.29, 0.717) is 11.4 Å². The van der Waals surface area contributed by atoms with Gasteiger partial charge in [-0.3, -0.25) is 0 Å². The number of carboxylic acid groups (broad SMARTS) is 1. The molecule has 0 fully saturated rings. The fraction of sp³-hybridized carbons (Fsp3) is 0.133. The third-order valence-corrected chi connectivity index (χ3v) is 3.21. The lowest BCUT2D eigenvalue weighted by Crippen LogP contribution is -2.16. The van der Waals surface area contributed by atoms with E-state index in [1.54, 1.807) is 43.3 Å². The van der Waals surface area contributed by atoms with Gasteiger partial charge in [-0.05, 0) is 36.4 Å². The van der Waals surface area contributed by atoms with E-state index in [4.69, 9.17) is 10.5 Å². The van der Waals surface area contributed by atoms with Crippen molar-refractivity contribution in [3.63, 3.8) is 0 Å². The number of benzene rings is 2. The summed E-state index contributed by atoms with van der Waals surface area (Å²) < 4.78 is 18.5. The summed E-state index contributed by atoms with van der Waals surface area (Å²) in [6, 6.07) is 9.57. The van der Waals surface area contributed by atoms with Crippen LogP contribution in [0.25, 0.3) is 0 Å². The van der Waals surface area contributed by atoms with Crippen LogP contribution in [-0.2, 0) is 0 Å². The Balaban J connectivity index is 2.49. The van der Waals surface area contributed by atoms with Gasteiger partial charge in [-0.2, -0.15) is 0 Å². The molecule has 110 valence electrons. The molecule has 0 bridgehead atoms. The minimum atomic E-state index is -1.28. The van der Waals surface area contributed by atoms with Gasteiger partial charge >= 0.3 is 5.97 Å². The average Bonchev–Trinajstić information content (AvgIpc) is 2.48. The number of carbonyl (C=O) groups is 1. The topological polar surface area (TPSA) is 75.8 Å². The summed E-state index contributed by atoms with van der Waals surface area (Å²) in [6.07, 6.45) is 0. The maximum Gasteiger partial charge on any atom is 0.340 e. The Morgan fingerprint density at radius 1 is 1.24 bits per heavy atom. The SMILES string of the molecule is COc1ccc(N(C)c2ccc(F)c(N)c2C(=O)O)cc1. The van der Waals surface area contributed by atoms with Crippen molar-refractivity contribution in [2.24, 2.45) is 0 Å². The van der Waals surface area contributed by atoms with Crippen molar-refractivity contribution >= 4 is 23.0 Å². The van der Waals surface area contributed by atoms with E-state index >= 15 is 0 Å². The monoisotopic (exact) mass is 290 g/mol. The number of nitrogens with two attached hydrogens (primary N) is 1. The van der Waals surface area contributed by atoms with Gasteiger partial charge in [-0.1, -0.05) is 0 Å². The number of nitrogen functional groups attached to an aromatic ring is 1. The van der Waals surface area contributed by atoms with Crippen LogP contribution in [-0.4, -0.2) is 25.2 Å². The molecule has 0 saturated heterocycles. The molecule has 0 aliphatic rings. The molecule has 2 rings (SSSR count). The number of rotatable bonds is 4. The molecule has 6 heteroatoms. The van der Waals surface area contributed by atoms with Crippen molar-refractivity contribution in [2.45, 2.75) is 0 Å². The third kappa shape index (κ3) is 2.74. The van der Waals surface area contributed by atoms with Crippen molar-refractivity contribution in [3.05, 3.63) is 47.8 Å². The molecule has 0 unspecified atom stereocenters. The summed E-state index contributed by atoms with van der Waals surface area (Å²) in [7, 11) is 3.24. The lowest BCUT2D eigenvalue weighted by atomic mass is 10.1. The molecule has 0 spiro atoms.